The molecule has 0 aliphatic rings. The minimum absolute atomic E-state index is 0.140. The Hall–Kier alpha value is -4.34. The van der Waals surface area contributed by atoms with E-state index in [1.807, 2.05) is 67.1 Å². The summed E-state index contributed by atoms with van der Waals surface area (Å²) >= 11 is 0. The van der Waals surface area contributed by atoms with Gasteiger partial charge in [0.1, 0.15) is 11.4 Å². The largest absolute Gasteiger partial charge is 0.396 e. The first-order chi connectivity index (χ1) is 18.0. The van der Waals surface area contributed by atoms with Crippen LogP contribution >= 0.6 is 0 Å². The van der Waals surface area contributed by atoms with Crippen LogP contribution in [0.25, 0.3) is 28.1 Å². The standard InChI is InChI=1S/C28H28N6O3/c1-18-12-22(34-11-10-29-17-34)13-24-26(18)33-27(32-24)25-23(8-9-30-28(25)36)31-14-21(15-35)19(2)37-16-20-6-4-3-5-7-20/h3-14,17,19,21,35H,15-16H2,1-2H3,(H,30,36)(H,32,33)/t19-,21?/m1/s1. The van der Waals surface area contributed by atoms with E-state index in [-0.39, 0.29) is 24.2 Å². The predicted octanol–water partition coefficient (Wildman–Crippen LogP) is 4.33. The third-order valence-corrected chi connectivity index (χ3v) is 6.31. The number of benzene rings is 2. The Kier molecular flexibility index (Phi) is 7.07. The maximum absolute atomic E-state index is 12.9. The first-order valence-electron chi connectivity index (χ1n) is 12.0. The van der Waals surface area contributed by atoms with Crippen LogP contribution in [0.4, 0.5) is 5.69 Å². The van der Waals surface area contributed by atoms with Crippen molar-refractivity contribution in [2.24, 2.45) is 10.9 Å². The van der Waals surface area contributed by atoms with Crippen LogP contribution in [0.1, 0.15) is 18.1 Å². The number of ether oxygens (including phenoxy) is 1. The molecule has 0 aliphatic heterocycles. The molecule has 37 heavy (non-hydrogen) atoms. The van der Waals surface area contributed by atoms with E-state index in [1.54, 1.807) is 31.0 Å². The summed E-state index contributed by atoms with van der Waals surface area (Å²) in [5.41, 5.74) is 4.99. The topological polar surface area (TPSA) is 121 Å². The third-order valence-electron chi connectivity index (χ3n) is 6.31. The highest BCUT2D eigenvalue weighted by atomic mass is 16.5. The molecule has 3 N–H and O–H groups in total. The number of hydrogen-bond donors (Lipinski definition) is 3. The van der Waals surface area contributed by atoms with Crippen LogP contribution in [0.2, 0.25) is 0 Å². The highest BCUT2D eigenvalue weighted by Gasteiger charge is 2.18. The van der Waals surface area contributed by atoms with E-state index in [0.29, 0.717) is 23.7 Å². The van der Waals surface area contributed by atoms with Gasteiger partial charge in [-0.3, -0.25) is 9.79 Å². The zero-order valence-electron chi connectivity index (χ0n) is 20.6. The monoisotopic (exact) mass is 496 g/mol. The van der Waals surface area contributed by atoms with Gasteiger partial charge in [-0.1, -0.05) is 30.3 Å². The molecule has 0 saturated heterocycles. The van der Waals surface area contributed by atoms with Crippen LogP contribution in [0.5, 0.6) is 0 Å². The average molecular weight is 497 g/mol. The number of aryl methyl sites for hydroxylation is 1. The van der Waals surface area contributed by atoms with E-state index >= 15 is 0 Å². The maximum Gasteiger partial charge on any atom is 0.261 e. The first kappa shape index (κ1) is 24.4. The number of pyridine rings is 1. The second kappa shape index (κ2) is 10.7. The van der Waals surface area contributed by atoms with Gasteiger partial charge in [0.2, 0.25) is 0 Å². The molecule has 5 aromatic rings. The molecule has 0 radical (unpaired) electrons. The van der Waals surface area contributed by atoms with Crippen molar-refractivity contribution in [1.82, 2.24) is 24.5 Å². The number of aromatic amines is 2. The molecule has 0 spiro atoms. The number of nitrogens with one attached hydrogen (secondary N) is 2. The molecular weight excluding hydrogens is 468 g/mol. The summed E-state index contributed by atoms with van der Waals surface area (Å²) in [6.45, 7) is 4.17. The van der Waals surface area contributed by atoms with Gasteiger partial charge in [-0.25, -0.2) is 9.97 Å². The van der Waals surface area contributed by atoms with Gasteiger partial charge in [0.15, 0.2) is 0 Å². The van der Waals surface area contributed by atoms with E-state index in [1.165, 1.54) is 0 Å². The van der Waals surface area contributed by atoms with Gasteiger partial charge < -0.3 is 24.4 Å². The number of nitrogens with zero attached hydrogens (tertiary/aromatic N) is 4. The maximum atomic E-state index is 12.9. The van der Waals surface area contributed by atoms with Gasteiger partial charge in [-0.05, 0) is 43.2 Å². The fourth-order valence-electron chi connectivity index (χ4n) is 4.17. The summed E-state index contributed by atoms with van der Waals surface area (Å²) < 4.78 is 7.87. The van der Waals surface area contributed by atoms with Crippen molar-refractivity contribution in [2.45, 2.75) is 26.6 Å². The molecule has 3 heterocycles. The van der Waals surface area contributed by atoms with Crippen LogP contribution < -0.4 is 5.56 Å². The fourth-order valence-corrected chi connectivity index (χ4v) is 4.17. The van der Waals surface area contributed by atoms with Crippen molar-refractivity contribution in [1.29, 1.82) is 0 Å². The van der Waals surface area contributed by atoms with E-state index in [0.717, 1.165) is 27.8 Å². The molecule has 3 aromatic heterocycles. The Balaban J connectivity index is 1.43. The molecule has 5 rings (SSSR count). The molecule has 0 fully saturated rings. The second-order valence-electron chi connectivity index (χ2n) is 8.91. The number of fused-ring (bicyclic) bond motifs is 1. The lowest BCUT2D eigenvalue weighted by Gasteiger charge is -2.19. The van der Waals surface area contributed by atoms with Crippen molar-refractivity contribution in [2.75, 3.05) is 6.61 Å². The van der Waals surface area contributed by atoms with E-state index in [4.69, 9.17) is 9.72 Å². The van der Waals surface area contributed by atoms with Gasteiger partial charge >= 0.3 is 0 Å². The van der Waals surface area contributed by atoms with Crippen LogP contribution in [-0.4, -0.2) is 48.5 Å². The number of aliphatic hydroxyl groups is 1. The Morgan fingerprint density at radius 3 is 2.81 bits per heavy atom. The van der Waals surface area contributed by atoms with E-state index < -0.39 is 0 Å². The summed E-state index contributed by atoms with van der Waals surface area (Å²) in [5, 5.41) is 9.98. The lowest BCUT2D eigenvalue weighted by atomic mass is 10.1. The minimum atomic E-state index is -0.355. The fraction of sp³-hybridized carbons (Fsp3) is 0.214. The lowest BCUT2D eigenvalue weighted by molar-refractivity contribution is 0.0179. The molecule has 188 valence electrons. The van der Waals surface area contributed by atoms with Crippen molar-refractivity contribution in [3.63, 3.8) is 0 Å². The molecule has 9 heteroatoms. The summed E-state index contributed by atoms with van der Waals surface area (Å²) in [6, 6.07) is 15.6. The SMILES string of the molecule is Cc1cc(-n2ccnc2)cc2[nH]c(-c3c(N=CC(CO)[C@@H](C)OCc4ccccc4)cc[nH]c3=O)nc12. The molecule has 2 atom stereocenters. The highest BCUT2D eigenvalue weighted by molar-refractivity contribution is 5.86. The number of H-pyrrole nitrogens is 2. The molecule has 0 bridgehead atoms. The Morgan fingerprint density at radius 2 is 2.05 bits per heavy atom. The molecule has 2 aromatic carbocycles. The van der Waals surface area contributed by atoms with E-state index in [9.17, 15) is 9.90 Å². The molecule has 0 saturated carbocycles. The van der Waals surface area contributed by atoms with Crippen LogP contribution in [0, 0.1) is 12.8 Å². The van der Waals surface area contributed by atoms with Crippen molar-refractivity contribution < 1.29 is 9.84 Å². The zero-order chi connectivity index (χ0) is 25.8. The Bertz CT molecular complexity index is 1570. The second-order valence-corrected chi connectivity index (χ2v) is 8.91. The first-order valence-corrected chi connectivity index (χ1v) is 12.0. The third kappa shape index (κ3) is 5.28. The smallest absolute Gasteiger partial charge is 0.261 e. The predicted molar refractivity (Wildman–Crippen MR) is 143 cm³/mol. The Labute approximate surface area is 213 Å². The van der Waals surface area contributed by atoms with E-state index in [2.05, 4.69) is 19.9 Å². The van der Waals surface area contributed by atoms with Gasteiger partial charge in [-0.15, -0.1) is 0 Å². The molecule has 0 amide bonds. The summed E-state index contributed by atoms with van der Waals surface area (Å²) in [4.78, 5) is 32.3. The average Bonchev–Trinajstić information content (AvgIpc) is 3.59. The van der Waals surface area contributed by atoms with Crippen LogP contribution in [0.3, 0.4) is 0 Å². The summed E-state index contributed by atoms with van der Waals surface area (Å²) in [5.74, 6) is 0.0651. The molecule has 0 aliphatic carbocycles. The van der Waals surface area contributed by atoms with Crippen molar-refractivity contribution in [3.8, 4) is 17.1 Å². The van der Waals surface area contributed by atoms with Crippen molar-refractivity contribution >= 4 is 22.9 Å². The molecular formula is C28H28N6O3. The normalized spacial score (nSPS) is 13.4. The minimum Gasteiger partial charge on any atom is -0.396 e. The number of aromatic nitrogens is 5. The van der Waals surface area contributed by atoms with Crippen LogP contribution in [-0.2, 0) is 11.3 Å². The summed E-state index contributed by atoms with van der Waals surface area (Å²) in [7, 11) is 0. The van der Waals surface area contributed by atoms with Gasteiger partial charge in [0, 0.05) is 36.4 Å². The number of hydrogen-bond acceptors (Lipinski definition) is 6. The number of aliphatic hydroxyl groups excluding tert-OH is 1. The number of aliphatic imine (C=N–C) groups is 1. The quantitative estimate of drug-likeness (QED) is 0.262. The van der Waals surface area contributed by atoms with Crippen LogP contribution in [0.15, 0.2) is 83.2 Å². The summed E-state index contributed by atoms with van der Waals surface area (Å²) in [6.07, 6.45) is 8.23. The van der Waals surface area contributed by atoms with Gasteiger partial charge in [-0.2, -0.15) is 0 Å². The number of imidazole rings is 2. The van der Waals surface area contributed by atoms with Crippen molar-refractivity contribution in [3.05, 3.63) is 94.9 Å². The zero-order valence-corrected chi connectivity index (χ0v) is 20.6. The molecule has 1 unspecified atom stereocenters. The number of rotatable bonds is 9. The molecule has 9 nitrogen and oxygen atoms in total. The van der Waals surface area contributed by atoms with Gasteiger partial charge in [0.05, 0.1) is 42.4 Å². The Morgan fingerprint density at radius 1 is 1.22 bits per heavy atom. The van der Waals surface area contributed by atoms with Gasteiger partial charge in [0.25, 0.3) is 5.56 Å². The highest BCUT2D eigenvalue weighted by Crippen LogP contribution is 2.29. The lowest BCUT2D eigenvalue weighted by Crippen LogP contribution is -2.25.